The van der Waals surface area contributed by atoms with Gasteiger partial charge in [0.25, 0.3) is 0 Å². The highest BCUT2D eigenvalue weighted by molar-refractivity contribution is 7.99. The first kappa shape index (κ1) is 22.4. The number of likely N-dealkylation sites (tertiary alicyclic amines) is 1. The zero-order chi connectivity index (χ0) is 21.5. The molecular weight excluding hydrogens is 408 g/mol. The highest BCUT2D eigenvalue weighted by Crippen LogP contribution is 2.22. The summed E-state index contributed by atoms with van der Waals surface area (Å²) >= 11 is 2.04. The predicted octanol–water partition coefficient (Wildman–Crippen LogP) is 1.93. The fourth-order valence-corrected chi connectivity index (χ4v) is 5.74. The van der Waals surface area contributed by atoms with Gasteiger partial charge in [0.2, 0.25) is 11.8 Å². The molecule has 6 nitrogen and oxygen atoms in total. The summed E-state index contributed by atoms with van der Waals surface area (Å²) < 4.78 is 0. The van der Waals surface area contributed by atoms with Crippen LogP contribution in [0.2, 0.25) is 0 Å². The van der Waals surface area contributed by atoms with E-state index in [9.17, 15) is 9.59 Å². The molecule has 0 spiro atoms. The van der Waals surface area contributed by atoms with Crippen molar-refractivity contribution in [2.24, 2.45) is 0 Å². The maximum absolute atomic E-state index is 13.0. The van der Waals surface area contributed by atoms with Gasteiger partial charge < -0.3 is 10.2 Å². The predicted molar refractivity (Wildman–Crippen MR) is 127 cm³/mol. The van der Waals surface area contributed by atoms with Crippen LogP contribution in [-0.4, -0.2) is 95.9 Å². The Kier molecular flexibility index (Phi) is 8.05. The van der Waals surface area contributed by atoms with Gasteiger partial charge >= 0.3 is 0 Å². The maximum atomic E-state index is 13.0. The molecule has 1 atom stereocenters. The highest BCUT2D eigenvalue weighted by atomic mass is 32.2. The Bertz CT molecular complexity index is 758. The molecule has 0 bridgehead atoms. The van der Waals surface area contributed by atoms with Crippen molar-refractivity contribution in [3.63, 3.8) is 0 Å². The lowest BCUT2D eigenvalue weighted by atomic mass is 10.0. The first-order valence-corrected chi connectivity index (χ1v) is 12.7. The van der Waals surface area contributed by atoms with Crippen molar-refractivity contribution in [1.29, 1.82) is 0 Å². The number of thioether (sulfide) groups is 1. The lowest BCUT2D eigenvalue weighted by molar-refractivity contribution is -0.139. The number of piperidine rings is 1. The molecule has 2 amide bonds. The largest absolute Gasteiger partial charge is 0.353 e. The van der Waals surface area contributed by atoms with E-state index in [0.717, 1.165) is 38.0 Å². The number of benzene rings is 1. The lowest BCUT2D eigenvalue weighted by Gasteiger charge is -2.41. The molecule has 0 aliphatic carbocycles. The van der Waals surface area contributed by atoms with Crippen LogP contribution in [0.3, 0.4) is 0 Å². The number of hydrogen-bond donors (Lipinski definition) is 1. The molecule has 0 saturated carbocycles. The third-order valence-corrected chi connectivity index (χ3v) is 7.58. The summed E-state index contributed by atoms with van der Waals surface area (Å²) in [7, 11) is 0. The number of amides is 2. The van der Waals surface area contributed by atoms with Crippen LogP contribution >= 0.6 is 11.8 Å². The van der Waals surface area contributed by atoms with Crippen LogP contribution in [0.25, 0.3) is 6.08 Å². The minimum atomic E-state index is -0.376. The van der Waals surface area contributed by atoms with E-state index in [0.29, 0.717) is 19.1 Å². The molecule has 1 aromatic carbocycles. The van der Waals surface area contributed by atoms with E-state index in [1.807, 2.05) is 34.9 Å². The molecule has 0 radical (unpaired) electrons. The minimum absolute atomic E-state index is 0.0200. The van der Waals surface area contributed by atoms with Crippen LogP contribution in [0, 0.1) is 0 Å². The van der Waals surface area contributed by atoms with Crippen LogP contribution < -0.4 is 5.32 Å². The Labute approximate surface area is 190 Å². The van der Waals surface area contributed by atoms with Gasteiger partial charge in [0, 0.05) is 63.4 Å². The monoisotopic (exact) mass is 442 g/mol. The summed E-state index contributed by atoms with van der Waals surface area (Å²) in [6, 6.07) is 10.4. The molecule has 3 heterocycles. The molecule has 1 aromatic rings. The molecular formula is C24H34N4O2S. The van der Waals surface area contributed by atoms with Gasteiger partial charge in [-0.1, -0.05) is 42.5 Å². The minimum Gasteiger partial charge on any atom is -0.353 e. The van der Waals surface area contributed by atoms with Gasteiger partial charge in [-0.2, -0.15) is 11.8 Å². The summed E-state index contributed by atoms with van der Waals surface area (Å²) in [6.07, 6.45) is 6.55. The topological polar surface area (TPSA) is 55.9 Å². The second kappa shape index (κ2) is 11.2. The SMILES string of the molecule is O=C1NCCN(C/C=C/c2ccccc2)C1CC(=O)N1CCC(N2CCSCC2)CC1. The van der Waals surface area contributed by atoms with E-state index in [-0.39, 0.29) is 24.3 Å². The van der Waals surface area contributed by atoms with Gasteiger partial charge in [0.05, 0.1) is 12.5 Å². The van der Waals surface area contributed by atoms with Crippen molar-refractivity contribution in [3.8, 4) is 0 Å². The van der Waals surface area contributed by atoms with Crippen LogP contribution in [-0.2, 0) is 9.59 Å². The fourth-order valence-electron chi connectivity index (χ4n) is 4.81. The molecule has 1 N–H and O–H groups in total. The number of hydrogen-bond acceptors (Lipinski definition) is 5. The summed E-state index contributed by atoms with van der Waals surface area (Å²) in [5.41, 5.74) is 1.15. The molecule has 3 aliphatic heterocycles. The Morgan fingerprint density at radius 1 is 1.06 bits per heavy atom. The smallest absolute Gasteiger partial charge is 0.237 e. The van der Waals surface area contributed by atoms with Gasteiger partial charge in [-0.25, -0.2) is 0 Å². The second-order valence-corrected chi connectivity index (χ2v) is 9.80. The van der Waals surface area contributed by atoms with E-state index in [1.54, 1.807) is 0 Å². The van der Waals surface area contributed by atoms with Gasteiger partial charge in [-0.15, -0.1) is 0 Å². The summed E-state index contributed by atoms with van der Waals surface area (Å²) in [5, 5.41) is 2.94. The summed E-state index contributed by atoms with van der Waals surface area (Å²) in [4.78, 5) is 32.3. The van der Waals surface area contributed by atoms with Gasteiger partial charge in [0.1, 0.15) is 0 Å². The van der Waals surface area contributed by atoms with Crippen molar-refractivity contribution in [2.75, 3.05) is 57.3 Å². The summed E-state index contributed by atoms with van der Waals surface area (Å²) in [5.74, 6) is 2.55. The van der Waals surface area contributed by atoms with Gasteiger partial charge in [-0.3, -0.25) is 19.4 Å². The lowest BCUT2D eigenvalue weighted by Crippen LogP contribution is -2.57. The number of piperazine rings is 1. The van der Waals surface area contributed by atoms with Gasteiger partial charge in [-0.05, 0) is 18.4 Å². The van der Waals surface area contributed by atoms with E-state index in [4.69, 9.17) is 0 Å². The third kappa shape index (κ3) is 6.11. The molecule has 1 unspecified atom stereocenters. The molecule has 0 aromatic heterocycles. The van der Waals surface area contributed by atoms with Crippen LogP contribution in [0.5, 0.6) is 0 Å². The second-order valence-electron chi connectivity index (χ2n) is 8.58. The van der Waals surface area contributed by atoms with Crippen LogP contribution in [0.1, 0.15) is 24.8 Å². The molecule has 3 saturated heterocycles. The third-order valence-electron chi connectivity index (χ3n) is 6.64. The maximum Gasteiger partial charge on any atom is 0.237 e. The number of nitrogens with one attached hydrogen (secondary N) is 1. The molecule has 7 heteroatoms. The Morgan fingerprint density at radius 2 is 1.81 bits per heavy atom. The quantitative estimate of drug-likeness (QED) is 0.730. The first-order chi connectivity index (χ1) is 15.2. The molecule has 31 heavy (non-hydrogen) atoms. The molecule has 3 aliphatic rings. The number of carbonyl (C=O) groups is 2. The van der Waals surface area contributed by atoms with Crippen LogP contribution in [0.15, 0.2) is 36.4 Å². The van der Waals surface area contributed by atoms with E-state index < -0.39 is 0 Å². The zero-order valence-electron chi connectivity index (χ0n) is 18.2. The van der Waals surface area contributed by atoms with E-state index in [2.05, 4.69) is 39.4 Å². The standard InChI is InChI=1S/C24H34N4O2S/c29-23(28-12-8-21(9-13-28)26-15-17-31-18-16-26)19-22-24(30)25-10-14-27(22)11-4-7-20-5-2-1-3-6-20/h1-7,21-22H,8-19H2,(H,25,30)/b7-4+. The number of rotatable bonds is 6. The molecule has 168 valence electrons. The van der Waals surface area contributed by atoms with Gasteiger partial charge in [0.15, 0.2) is 0 Å². The van der Waals surface area contributed by atoms with Crippen molar-refractivity contribution < 1.29 is 9.59 Å². The molecule has 3 fully saturated rings. The van der Waals surface area contributed by atoms with E-state index in [1.165, 1.54) is 24.6 Å². The average Bonchev–Trinajstić information content (AvgIpc) is 2.82. The van der Waals surface area contributed by atoms with Crippen molar-refractivity contribution >= 4 is 29.7 Å². The van der Waals surface area contributed by atoms with Crippen LogP contribution in [0.4, 0.5) is 0 Å². The average molecular weight is 443 g/mol. The van der Waals surface area contributed by atoms with Crippen molar-refractivity contribution in [2.45, 2.75) is 31.3 Å². The first-order valence-electron chi connectivity index (χ1n) is 11.5. The Balaban J connectivity index is 1.29. The summed E-state index contributed by atoms with van der Waals surface area (Å²) in [6.45, 7) is 6.08. The Morgan fingerprint density at radius 3 is 2.55 bits per heavy atom. The van der Waals surface area contributed by atoms with E-state index >= 15 is 0 Å². The fraction of sp³-hybridized carbons (Fsp3) is 0.583. The van der Waals surface area contributed by atoms with Crippen molar-refractivity contribution in [1.82, 2.24) is 20.0 Å². The normalized spacial score (nSPS) is 24.5. The number of nitrogens with zero attached hydrogens (tertiary/aromatic N) is 3. The number of carbonyl (C=O) groups excluding carboxylic acids is 2. The molecule has 4 rings (SSSR count). The zero-order valence-corrected chi connectivity index (χ0v) is 19.1. The van der Waals surface area contributed by atoms with Crippen molar-refractivity contribution in [3.05, 3.63) is 42.0 Å². The highest BCUT2D eigenvalue weighted by Gasteiger charge is 2.34. The Hall–Kier alpha value is -1.83.